The third-order valence-corrected chi connectivity index (χ3v) is 1.72. The minimum absolute atomic E-state index is 0.200. The van der Waals surface area contributed by atoms with Crippen molar-refractivity contribution in [3.05, 3.63) is 0 Å². The van der Waals surface area contributed by atoms with Gasteiger partial charge in [-0.2, -0.15) is 0 Å². The molecule has 0 unspecified atom stereocenters. The Morgan fingerprint density at radius 2 is 1.85 bits per heavy atom. The summed E-state index contributed by atoms with van der Waals surface area (Å²) in [5.74, 6) is -0.262. The molecule has 0 radical (unpaired) electrons. The molecule has 0 aromatic heterocycles. The standard InChI is InChI=1S/C9H16O3S/c1-4-12-7(10)5-9(2,3)6-8(11)13/h4-6H2,1-3H3,(H,11,13). The molecule has 0 aliphatic heterocycles. The number of ether oxygens (including phenoxy) is 1. The number of carbonyl (C=O) groups excluding carboxylic acids is 2. The maximum Gasteiger partial charge on any atom is 0.306 e. The minimum atomic E-state index is -0.356. The van der Waals surface area contributed by atoms with E-state index in [1.807, 2.05) is 13.8 Å². The van der Waals surface area contributed by atoms with Crippen molar-refractivity contribution in [2.24, 2.45) is 5.41 Å². The normalized spacial score (nSPS) is 11.1. The Kier molecular flexibility index (Phi) is 5.06. The van der Waals surface area contributed by atoms with Gasteiger partial charge in [0.15, 0.2) is 5.12 Å². The van der Waals surface area contributed by atoms with E-state index in [4.69, 9.17) is 4.74 Å². The predicted molar refractivity (Wildman–Crippen MR) is 53.6 cm³/mol. The van der Waals surface area contributed by atoms with Crippen LogP contribution in [0.4, 0.5) is 0 Å². The van der Waals surface area contributed by atoms with Gasteiger partial charge in [-0.3, -0.25) is 9.59 Å². The van der Waals surface area contributed by atoms with Gasteiger partial charge in [0.05, 0.1) is 13.0 Å². The van der Waals surface area contributed by atoms with E-state index < -0.39 is 0 Å². The molecule has 0 spiro atoms. The fourth-order valence-corrected chi connectivity index (χ4v) is 1.50. The van der Waals surface area contributed by atoms with E-state index >= 15 is 0 Å². The molecule has 0 amide bonds. The fraction of sp³-hybridized carbons (Fsp3) is 0.778. The number of esters is 1. The van der Waals surface area contributed by atoms with Crippen LogP contribution in [0.5, 0.6) is 0 Å². The second-order valence-electron chi connectivity index (χ2n) is 3.72. The van der Waals surface area contributed by atoms with Crippen LogP contribution in [0.3, 0.4) is 0 Å². The molecule has 0 N–H and O–H groups in total. The zero-order valence-electron chi connectivity index (χ0n) is 8.29. The highest BCUT2D eigenvalue weighted by atomic mass is 32.1. The van der Waals surface area contributed by atoms with E-state index in [0.29, 0.717) is 6.61 Å². The van der Waals surface area contributed by atoms with E-state index in [-0.39, 0.29) is 29.3 Å². The fourth-order valence-electron chi connectivity index (χ4n) is 1.07. The van der Waals surface area contributed by atoms with Crippen LogP contribution in [-0.4, -0.2) is 17.7 Å². The summed E-state index contributed by atoms with van der Waals surface area (Å²) in [6, 6.07) is 0. The van der Waals surface area contributed by atoms with Crippen molar-refractivity contribution < 1.29 is 14.3 Å². The van der Waals surface area contributed by atoms with Gasteiger partial charge >= 0.3 is 5.97 Å². The Labute approximate surface area is 84.3 Å². The molecule has 0 aromatic rings. The lowest BCUT2D eigenvalue weighted by atomic mass is 9.86. The Morgan fingerprint density at radius 1 is 1.31 bits per heavy atom. The van der Waals surface area contributed by atoms with Crippen LogP contribution < -0.4 is 0 Å². The summed E-state index contributed by atoms with van der Waals surface area (Å²) in [7, 11) is 0. The van der Waals surface area contributed by atoms with Gasteiger partial charge in [-0.15, -0.1) is 12.6 Å². The summed E-state index contributed by atoms with van der Waals surface area (Å²) < 4.78 is 4.78. The summed E-state index contributed by atoms with van der Waals surface area (Å²) in [5.41, 5.74) is -0.356. The maximum absolute atomic E-state index is 11.1. The molecule has 13 heavy (non-hydrogen) atoms. The van der Waals surface area contributed by atoms with E-state index in [9.17, 15) is 9.59 Å². The zero-order chi connectivity index (χ0) is 10.5. The second kappa shape index (κ2) is 5.27. The van der Waals surface area contributed by atoms with Gasteiger partial charge in [0, 0.05) is 6.42 Å². The first-order chi connectivity index (χ1) is 5.87. The van der Waals surface area contributed by atoms with Gasteiger partial charge in [-0.25, -0.2) is 0 Å². The zero-order valence-corrected chi connectivity index (χ0v) is 9.19. The Morgan fingerprint density at radius 3 is 2.23 bits per heavy atom. The van der Waals surface area contributed by atoms with Crippen LogP contribution in [-0.2, 0) is 14.3 Å². The van der Waals surface area contributed by atoms with E-state index in [1.54, 1.807) is 6.92 Å². The van der Waals surface area contributed by atoms with Crippen molar-refractivity contribution in [2.45, 2.75) is 33.6 Å². The SMILES string of the molecule is CCOC(=O)CC(C)(C)CC(=O)S. The van der Waals surface area contributed by atoms with Gasteiger partial charge in [0.1, 0.15) is 0 Å². The smallest absolute Gasteiger partial charge is 0.306 e. The van der Waals surface area contributed by atoms with Crippen LogP contribution in [0, 0.1) is 5.41 Å². The highest BCUT2D eigenvalue weighted by Gasteiger charge is 2.24. The van der Waals surface area contributed by atoms with Gasteiger partial charge in [-0.1, -0.05) is 13.8 Å². The molecular weight excluding hydrogens is 188 g/mol. The number of hydrogen-bond donors (Lipinski definition) is 1. The van der Waals surface area contributed by atoms with Crippen molar-refractivity contribution in [2.75, 3.05) is 6.61 Å². The molecule has 0 saturated heterocycles. The van der Waals surface area contributed by atoms with Crippen molar-refractivity contribution in [1.82, 2.24) is 0 Å². The summed E-state index contributed by atoms with van der Waals surface area (Å²) in [4.78, 5) is 21.8. The minimum Gasteiger partial charge on any atom is -0.466 e. The van der Waals surface area contributed by atoms with Crippen LogP contribution in [0.25, 0.3) is 0 Å². The molecule has 0 aliphatic carbocycles. The van der Waals surface area contributed by atoms with Crippen molar-refractivity contribution in [1.29, 1.82) is 0 Å². The first-order valence-electron chi connectivity index (χ1n) is 4.25. The topological polar surface area (TPSA) is 43.4 Å². The van der Waals surface area contributed by atoms with Crippen LogP contribution in [0.1, 0.15) is 33.6 Å². The molecule has 0 saturated carbocycles. The molecule has 0 heterocycles. The first kappa shape index (κ1) is 12.5. The molecular formula is C9H16O3S. The first-order valence-corrected chi connectivity index (χ1v) is 4.69. The van der Waals surface area contributed by atoms with Gasteiger partial charge < -0.3 is 4.74 Å². The van der Waals surface area contributed by atoms with Gasteiger partial charge in [0.2, 0.25) is 0 Å². The summed E-state index contributed by atoms with van der Waals surface area (Å²) >= 11 is 3.68. The molecule has 0 bridgehead atoms. The van der Waals surface area contributed by atoms with Gasteiger partial charge in [-0.05, 0) is 12.3 Å². The molecule has 0 aliphatic rings. The van der Waals surface area contributed by atoms with E-state index in [0.717, 1.165) is 0 Å². The lowest BCUT2D eigenvalue weighted by molar-refractivity contribution is -0.145. The highest BCUT2D eigenvalue weighted by molar-refractivity contribution is 7.96. The van der Waals surface area contributed by atoms with Crippen molar-refractivity contribution in [3.63, 3.8) is 0 Å². The molecule has 4 heteroatoms. The monoisotopic (exact) mass is 204 g/mol. The predicted octanol–water partition coefficient (Wildman–Crippen LogP) is 1.81. The van der Waals surface area contributed by atoms with Crippen molar-refractivity contribution in [3.8, 4) is 0 Å². The summed E-state index contributed by atoms with van der Waals surface area (Å²) in [6.45, 7) is 5.83. The lowest BCUT2D eigenvalue weighted by Crippen LogP contribution is -2.20. The van der Waals surface area contributed by atoms with E-state index in [2.05, 4.69) is 12.6 Å². The van der Waals surface area contributed by atoms with Crippen LogP contribution in [0.15, 0.2) is 0 Å². The Balaban J connectivity index is 4.00. The average molecular weight is 204 g/mol. The third kappa shape index (κ3) is 6.63. The van der Waals surface area contributed by atoms with Gasteiger partial charge in [0.25, 0.3) is 0 Å². The molecule has 76 valence electrons. The number of hydrogen-bond acceptors (Lipinski definition) is 3. The third-order valence-electron chi connectivity index (χ3n) is 1.56. The van der Waals surface area contributed by atoms with Crippen molar-refractivity contribution >= 4 is 23.7 Å². The number of rotatable bonds is 5. The quantitative estimate of drug-likeness (QED) is 0.548. The largest absolute Gasteiger partial charge is 0.466 e. The molecule has 0 aromatic carbocycles. The lowest BCUT2D eigenvalue weighted by Gasteiger charge is -2.21. The highest BCUT2D eigenvalue weighted by Crippen LogP contribution is 2.26. The maximum atomic E-state index is 11.1. The second-order valence-corrected chi connectivity index (χ2v) is 4.22. The molecule has 0 rings (SSSR count). The Hall–Kier alpha value is -0.510. The number of thiol groups is 1. The summed E-state index contributed by atoms with van der Waals surface area (Å²) in [5, 5.41) is -0.200. The Bertz CT molecular complexity index is 199. The molecule has 0 fully saturated rings. The number of carbonyl (C=O) groups is 2. The van der Waals surface area contributed by atoms with Crippen LogP contribution in [0.2, 0.25) is 0 Å². The van der Waals surface area contributed by atoms with E-state index in [1.165, 1.54) is 0 Å². The van der Waals surface area contributed by atoms with Crippen LogP contribution >= 0.6 is 12.6 Å². The average Bonchev–Trinajstić information content (AvgIpc) is 1.81. The molecule has 3 nitrogen and oxygen atoms in total. The molecule has 0 atom stereocenters. The summed E-state index contributed by atoms with van der Waals surface area (Å²) in [6.07, 6.45) is 0.544.